The average molecular weight is 1780 g/mol. The van der Waals surface area contributed by atoms with E-state index < -0.39 is 0 Å². The van der Waals surface area contributed by atoms with Crippen LogP contribution in [0.4, 0.5) is 51.2 Å². The molecule has 0 atom stereocenters. The molecule has 4 heterocycles. The van der Waals surface area contributed by atoms with Gasteiger partial charge in [-0.1, -0.05) is 388 Å². The molecule has 4 aromatic heterocycles. The van der Waals surface area contributed by atoms with Gasteiger partial charge in [-0.2, -0.15) is 0 Å². The molecule has 7 heteroatoms. The van der Waals surface area contributed by atoms with E-state index in [1.807, 2.05) is 30.3 Å². The Morgan fingerprint density at radius 3 is 0.784 bits per heavy atom. The van der Waals surface area contributed by atoms with Crippen molar-refractivity contribution >= 4 is 204 Å². The smallest absolute Gasteiger partial charge is 0.137 e. The van der Waals surface area contributed by atoms with E-state index in [-0.39, 0.29) is 0 Å². The number of hydrogen-bond donors (Lipinski definition) is 0. The minimum absolute atomic E-state index is 0.867. The topological polar surface area (TPSA) is 62.3 Å². The molecular weight excluding hydrogens is 1690 g/mol. The van der Waals surface area contributed by atoms with Gasteiger partial charge in [0.05, 0.1) is 33.8 Å². The predicted octanol–water partition coefficient (Wildman–Crippen LogP) is 38.3. The van der Waals surface area contributed by atoms with Crippen molar-refractivity contribution in [2.24, 2.45) is 0 Å². The summed E-state index contributed by atoms with van der Waals surface area (Å²) in [6.45, 7) is 0. The van der Waals surface area contributed by atoms with Gasteiger partial charge in [0.15, 0.2) is 0 Å². The normalized spacial score (nSPS) is 11.6. The maximum atomic E-state index is 6.38. The van der Waals surface area contributed by atoms with E-state index in [4.69, 9.17) is 17.7 Å². The van der Waals surface area contributed by atoms with Crippen molar-refractivity contribution in [3.8, 4) is 55.6 Å². The van der Waals surface area contributed by atoms with Gasteiger partial charge in [-0.05, 0) is 210 Å². The van der Waals surface area contributed by atoms with E-state index in [2.05, 4.69) is 500 Å². The first-order valence-electron chi connectivity index (χ1n) is 47.3. The molecule has 24 aromatic carbocycles. The van der Waals surface area contributed by atoms with Crippen molar-refractivity contribution in [3.63, 3.8) is 0 Å². The van der Waals surface area contributed by atoms with Crippen LogP contribution in [0.2, 0.25) is 0 Å². The molecule has 0 unspecified atom stereocenters. The molecule has 0 amide bonds. The summed E-state index contributed by atoms with van der Waals surface area (Å²) in [5.41, 5.74) is 29.0. The van der Waals surface area contributed by atoms with Crippen LogP contribution in [-0.2, 0) is 0 Å². The lowest BCUT2D eigenvalue weighted by atomic mass is 9.95. The van der Waals surface area contributed by atoms with Crippen LogP contribution >= 0.6 is 0 Å². The molecule has 0 aliphatic rings. The van der Waals surface area contributed by atoms with Crippen molar-refractivity contribution in [1.29, 1.82) is 0 Å². The molecule has 0 aliphatic heterocycles. The third-order valence-corrected chi connectivity index (χ3v) is 27.5. The first-order chi connectivity index (χ1) is 69.0. The van der Waals surface area contributed by atoms with Gasteiger partial charge in [0, 0.05) is 98.3 Å². The summed E-state index contributed by atoms with van der Waals surface area (Å²) in [6.07, 6.45) is 0. The summed E-state index contributed by atoms with van der Waals surface area (Å²) in [5, 5.41) is 23.5. The lowest BCUT2D eigenvalue weighted by Gasteiger charge is -2.29. The van der Waals surface area contributed by atoms with Crippen molar-refractivity contribution in [1.82, 2.24) is 0 Å². The Morgan fingerprint density at radius 1 is 0.122 bits per heavy atom. The Hall–Kier alpha value is -18.6. The third-order valence-electron chi connectivity index (χ3n) is 27.5. The highest BCUT2D eigenvalue weighted by Gasteiger charge is 2.27. The molecule has 0 bridgehead atoms. The Kier molecular flexibility index (Phi) is 20.1. The summed E-state index contributed by atoms with van der Waals surface area (Å²) >= 11 is 0. The van der Waals surface area contributed by atoms with Crippen LogP contribution in [0.5, 0.6) is 0 Å². The molecule has 0 spiro atoms. The third kappa shape index (κ3) is 14.4. The number of nitrogens with zero attached hydrogens (tertiary/aromatic N) is 3. The van der Waals surface area contributed by atoms with Crippen LogP contribution in [0.3, 0.4) is 0 Å². The standard InChI is InChI=1S/C44H27NO2.2C44H29NO/c1-2-10-28(11-3-1)29-20-24-31(25-21-29)45(37-16-9-19-40-43(37)34-12-4-6-17-38(34)46-40)36-15-8-14-33-32(36)26-22-30-23-27-41-44(42(30)33)35-13-5-7-18-39(35)47-41;1-3-13-30(14-4-1)33-17-11-18-34(29-33)45(39-22-9-7-19-35(39)31-15-5-2-6-16-31)40-23-12-21-37-36(40)27-25-32-26-28-42-44(43(32)37)38-20-8-10-24-41(38)46-42;1-3-12-30(13-4-1)33-16-9-18-35(28-33)45(36-19-10-17-34(29-36)31-14-5-2-6-15-31)40-22-11-21-38-37(40)26-24-32-25-27-42-44(43(32)38)39-20-7-8-23-41(39)46-42/h1-27H;2*1-29H. The predicted molar refractivity (Wildman–Crippen MR) is 585 cm³/mol. The second-order valence-electron chi connectivity index (χ2n) is 35.5. The zero-order valence-electron chi connectivity index (χ0n) is 75.5. The van der Waals surface area contributed by atoms with E-state index in [0.29, 0.717) is 0 Å². The Balaban J connectivity index is 0.000000108. The average Bonchev–Trinajstić information content (AvgIpc) is 1.66. The van der Waals surface area contributed by atoms with Crippen molar-refractivity contribution < 1.29 is 17.7 Å². The van der Waals surface area contributed by atoms with Gasteiger partial charge in [0.2, 0.25) is 0 Å². The molecular formula is C132H85N3O4. The quantitative estimate of drug-likeness (QED) is 0.101. The molecule has 0 saturated heterocycles. The molecule has 7 nitrogen and oxygen atoms in total. The number of rotatable bonds is 14. The lowest BCUT2D eigenvalue weighted by molar-refractivity contribution is 0.668. The summed E-state index contributed by atoms with van der Waals surface area (Å²) in [7, 11) is 0. The Bertz CT molecular complexity index is 9520. The van der Waals surface area contributed by atoms with Gasteiger partial charge in [-0.15, -0.1) is 0 Å². The highest BCUT2D eigenvalue weighted by molar-refractivity contribution is 6.31. The molecule has 0 saturated carbocycles. The SMILES string of the molecule is c1ccc(-c2ccc(N(c3cccc4c3ccc3ccc5oc6ccccc6c5c34)c3cccc4oc5ccccc5c34)cc2)cc1.c1ccc(-c2cccc(N(c3cccc(-c4ccccc4)c3)c3cccc4c3ccc3ccc5oc6ccccc6c5c34)c2)cc1.c1ccc(-c2cccc(N(c3ccccc3-c3ccccc3)c3cccc4c3ccc3ccc5oc6ccccc6c5c34)c2)cc1. The monoisotopic (exact) mass is 1780 g/mol. The minimum atomic E-state index is 0.867. The fourth-order valence-electron chi connectivity index (χ4n) is 21.2. The molecule has 0 N–H and O–H groups in total. The molecule has 652 valence electrons. The second-order valence-corrected chi connectivity index (χ2v) is 35.5. The maximum Gasteiger partial charge on any atom is 0.137 e. The molecule has 139 heavy (non-hydrogen) atoms. The van der Waals surface area contributed by atoms with E-state index in [1.165, 1.54) is 120 Å². The summed E-state index contributed by atoms with van der Waals surface area (Å²) < 4.78 is 25.4. The van der Waals surface area contributed by atoms with Gasteiger partial charge in [-0.3, -0.25) is 0 Å². The van der Waals surface area contributed by atoms with Crippen LogP contribution in [0.25, 0.3) is 208 Å². The fourth-order valence-corrected chi connectivity index (χ4v) is 21.2. The van der Waals surface area contributed by atoms with Crippen LogP contribution in [-0.4, -0.2) is 0 Å². The molecule has 28 aromatic rings. The highest BCUT2D eigenvalue weighted by Crippen LogP contribution is 2.53. The van der Waals surface area contributed by atoms with Gasteiger partial charge < -0.3 is 32.4 Å². The van der Waals surface area contributed by atoms with Crippen LogP contribution in [0.1, 0.15) is 0 Å². The van der Waals surface area contributed by atoms with Gasteiger partial charge in [0.1, 0.15) is 44.7 Å². The second kappa shape index (κ2) is 34.5. The van der Waals surface area contributed by atoms with E-state index in [9.17, 15) is 0 Å². The highest BCUT2D eigenvalue weighted by atomic mass is 16.3. The number of benzene rings is 24. The van der Waals surface area contributed by atoms with Crippen molar-refractivity contribution in [2.45, 2.75) is 0 Å². The van der Waals surface area contributed by atoms with E-state index in [1.54, 1.807) is 0 Å². The summed E-state index contributed by atoms with van der Waals surface area (Å²) in [4.78, 5) is 7.22. The lowest BCUT2D eigenvalue weighted by Crippen LogP contribution is -2.12. The van der Waals surface area contributed by atoms with E-state index in [0.717, 1.165) is 139 Å². The van der Waals surface area contributed by atoms with Crippen LogP contribution < -0.4 is 14.7 Å². The van der Waals surface area contributed by atoms with Crippen LogP contribution in [0, 0.1) is 0 Å². The number of furan rings is 4. The number of fused-ring (bicyclic) bond motifs is 24. The van der Waals surface area contributed by atoms with Gasteiger partial charge >= 0.3 is 0 Å². The summed E-state index contributed by atoms with van der Waals surface area (Å²) in [5.74, 6) is 0. The number of hydrogen-bond acceptors (Lipinski definition) is 7. The molecule has 0 radical (unpaired) electrons. The number of para-hydroxylation sites is 5. The van der Waals surface area contributed by atoms with Crippen molar-refractivity contribution in [3.05, 3.63) is 516 Å². The zero-order chi connectivity index (χ0) is 91.8. The molecule has 0 aliphatic carbocycles. The maximum absolute atomic E-state index is 6.38. The molecule has 28 rings (SSSR count). The molecule has 0 fully saturated rings. The minimum Gasteiger partial charge on any atom is -0.456 e. The van der Waals surface area contributed by atoms with E-state index >= 15 is 0 Å². The fraction of sp³-hybridized carbons (Fsp3) is 0. The Labute approximate surface area is 801 Å². The first-order valence-corrected chi connectivity index (χ1v) is 47.3. The zero-order valence-corrected chi connectivity index (χ0v) is 75.5. The largest absolute Gasteiger partial charge is 0.456 e. The number of anilines is 9. The summed E-state index contributed by atoms with van der Waals surface area (Å²) in [6, 6.07) is 183. The van der Waals surface area contributed by atoms with Crippen molar-refractivity contribution in [2.75, 3.05) is 14.7 Å². The van der Waals surface area contributed by atoms with Crippen LogP contribution in [0.15, 0.2) is 533 Å². The van der Waals surface area contributed by atoms with Gasteiger partial charge in [-0.25, -0.2) is 0 Å². The van der Waals surface area contributed by atoms with Gasteiger partial charge in [0.25, 0.3) is 0 Å². The first kappa shape index (κ1) is 81.2. The Morgan fingerprint density at radius 2 is 0.381 bits per heavy atom.